The predicted octanol–water partition coefficient (Wildman–Crippen LogP) is 5.45. The summed E-state index contributed by atoms with van der Waals surface area (Å²) >= 11 is 7.34. The van der Waals surface area contributed by atoms with Crippen molar-refractivity contribution in [3.8, 4) is 0 Å². The van der Waals surface area contributed by atoms with Gasteiger partial charge in [0.2, 0.25) is 5.91 Å². The number of aryl methyl sites for hydroxylation is 1. The number of hydrogen-bond acceptors (Lipinski definition) is 5. The fraction of sp³-hybridized carbons (Fsp3) is 0.190. The van der Waals surface area contributed by atoms with Crippen LogP contribution in [-0.2, 0) is 16.1 Å². The number of esters is 1. The van der Waals surface area contributed by atoms with Crippen molar-refractivity contribution in [1.82, 2.24) is 4.98 Å². The lowest BCUT2D eigenvalue weighted by molar-refractivity contribution is -0.115. The van der Waals surface area contributed by atoms with E-state index in [4.69, 9.17) is 16.3 Å². The number of aromatic nitrogens is 1. The van der Waals surface area contributed by atoms with Crippen LogP contribution in [0, 0.1) is 13.8 Å². The number of rotatable bonds is 5. The molecule has 0 atom stereocenters. The molecule has 0 saturated carbocycles. The van der Waals surface area contributed by atoms with E-state index in [0.29, 0.717) is 27.1 Å². The number of hydrogen-bond donors (Lipinski definition) is 0. The fourth-order valence-corrected chi connectivity index (χ4v) is 3.75. The van der Waals surface area contributed by atoms with Crippen molar-refractivity contribution in [2.45, 2.75) is 27.4 Å². The smallest absolute Gasteiger partial charge is 0.338 e. The first-order valence-corrected chi connectivity index (χ1v) is 9.86. The molecule has 0 aliphatic rings. The van der Waals surface area contributed by atoms with Crippen LogP contribution in [-0.4, -0.2) is 16.9 Å². The van der Waals surface area contributed by atoms with Gasteiger partial charge in [0.1, 0.15) is 6.61 Å². The monoisotopic (exact) mass is 414 g/mol. The third kappa shape index (κ3) is 4.40. The van der Waals surface area contributed by atoms with Crippen LogP contribution in [0.2, 0.25) is 5.02 Å². The number of anilines is 2. The Labute approximate surface area is 172 Å². The molecule has 0 unspecified atom stereocenters. The van der Waals surface area contributed by atoms with Crippen molar-refractivity contribution in [2.75, 3.05) is 4.90 Å². The molecule has 2 aromatic carbocycles. The van der Waals surface area contributed by atoms with Gasteiger partial charge in [0, 0.05) is 17.3 Å². The number of nitrogens with zero attached hydrogens (tertiary/aromatic N) is 2. The van der Waals surface area contributed by atoms with Gasteiger partial charge in [-0.1, -0.05) is 29.8 Å². The number of carbonyl (C=O) groups excluding carboxylic acids is 2. The fourth-order valence-electron chi connectivity index (χ4n) is 2.70. The molecule has 144 valence electrons. The van der Waals surface area contributed by atoms with E-state index in [0.717, 1.165) is 11.1 Å². The minimum Gasteiger partial charge on any atom is -0.456 e. The largest absolute Gasteiger partial charge is 0.456 e. The Morgan fingerprint density at radius 3 is 2.64 bits per heavy atom. The quantitative estimate of drug-likeness (QED) is 0.520. The summed E-state index contributed by atoms with van der Waals surface area (Å²) in [4.78, 5) is 30.4. The van der Waals surface area contributed by atoms with Crippen LogP contribution >= 0.6 is 22.9 Å². The number of thiazole rings is 1. The van der Waals surface area contributed by atoms with Gasteiger partial charge >= 0.3 is 5.97 Å². The van der Waals surface area contributed by atoms with Gasteiger partial charge in [-0.05, 0) is 49.2 Å². The van der Waals surface area contributed by atoms with Crippen LogP contribution in [0.1, 0.15) is 34.1 Å². The molecule has 1 heterocycles. The Hall–Kier alpha value is -2.70. The van der Waals surface area contributed by atoms with Gasteiger partial charge in [-0.3, -0.25) is 9.69 Å². The van der Waals surface area contributed by atoms with E-state index in [1.165, 1.54) is 23.2 Å². The van der Waals surface area contributed by atoms with Crippen LogP contribution < -0.4 is 4.90 Å². The van der Waals surface area contributed by atoms with Crippen molar-refractivity contribution < 1.29 is 14.3 Å². The second kappa shape index (κ2) is 8.54. The van der Waals surface area contributed by atoms with Crippen LogP contribution in [0.25, 0.3) is 0 Å². The lowest BCUT2D eigenvalue weighted by Gasteiger charge is -2.18. The third-order valence-electron chi connectivity index (χ3n) is 4.29. The minimum atomic E-state index is -0.394. The van der Waals surface area contributed by atoms with E-state index < -0.39 is 5.97 Å². The maximum absolute atomic E-state index is 12.4. The molecule has 7 heteroatoms. The van der Waals surface area contributed by atoms with Gasteiger partial charge in [-0.25, -0.2) is 9.78 Å². The molecule has 0 aliphatic heterocycles. The first-order chi connectivity index (χ1) is 13.4. The summed E-state index contributed by atoms with van der Waals surface area (Å²) < 4.78 is 5.41. The zero-order chi connectivity index (χ0) is 20.3. The molecule has 0 fully saturated rings. The zero-order valence-corrected chi connectivity index (χ0v) is 17.3. The molecule has 1 amide bonds. The SMILES string of the molecule is CC(=O)N(c1cccc(Cl)c1)c1nc(COC(=O)c2cccc(C)c2C)cs1. The summed E-state index contributed by atoms with van der Waals surface area (Å²) in [6, 6.07) is 12.5. The van der Waals surface area contributed by atoms with E-state index in [2.05, 4.69) is 4.98 Å². The van der Waals surface area contributed by atoms with Gasteiger partial charge in [-0.15, -0.1) is 11.3 Å². The van der Waals surface area contributed by atoms with Crippen molar-refractivity contribution in [3.05, 3.63) is 75.3 Å². The highest BCUT2D eigenvalue weighted by Gasteiger charge is 2.19. The van der Waals surface area contributed by atoms with E-state index in [-0.39, 0.29) is 12.5 Å². The molecule has 3 aromatic rings. The van der Waals surface area contributed by atoms with E-state index in [1.807, 2.05) is 26.0 Å². The Morgan fingerprint density at radius 1 is 1.18 bits per heavy atom. The lowest BCUT2D eigenvalue weighted by Crippen LogP contribution is -2.22. The second-order valence-corrected chi connectivity index (χ2v) is 7.55. The van der Waals surface area contributed by atoms with Gasteiger partial charge in [0.05, 0.1) is 16.9 Å². The number of carbonyl (C=O) groups is 2. The number of amides is 1. The summed E-state index contributed by atoms with van der Waals surface area (Å²) in [5, 5.41) is 2.79. The average molecular weight is 415 g/mol. The van der Waals surface area contributed by atoms with E-state index in [9.17, 15) is 9.59 Å². The van der Waals surface area contributed by atoms with Gasteiger partial charge in [0.25, 0.3) is 0 Å². The van der Waals surface area contributed by atoms with Crippen LogP contribution in [0.15, 0.2) is 47.8 Å². The first kappa shape index (κ1) is 20.0. The maximum Gasteiger partial charge on any atom is 0.338 e. The van der Waals surface area contributed by atoms with Crippen LogP contribution in [0.4, 0.5) is 10.8 Å². The number of ether oxygens (including phenoxy) is 1. The molecule has 0 radical (unpaired) electrons. The summed E-state index contributed by atoms with van der Waals surface area (Å²) in [5.74, 6) is -0.579. The zero-order valence-electron chi connectivity index (χ0n) is 15.7. The Kier molecular flexibility index (Phi) is 6.11. The summed E-state index contributed by atoms with van der Waals surface area (Å²) in [5.41, 5.74) is 3.68. The second-order valence-electron chi connectivity index (χ2n) is 6.28. The summed E-state index contributed by atoms with van der Waals surface area (Å²) in [7, 11) is 0. The molecule has 0 aliphatic carbocycles. The molecule has 0 N–H and O–H groups in total. The van der Waals surface area contributed by atoms with E-state index >= 15 is 0 Å². The highest BCUT2D eigenvalue weighted by molar-refractivity contribution is 7.14. The predicted molar refractivity (Wildman–Crippen MR) is 111 cm³/mol. The Morgan fingerprint density at radius 2 is 1.93 bits per heavy atom. The van der Waals surface area contributed by atoms with Crippen LogP contribution in [0.3, 0.4) is 0 Å². The first-order valence-electron chi connectivity index (χ1n) is 8.61. The molecular weight excluding hydrogens is 396 g/mol. The van der Waals surface area contributed by atoms with Crippen LogP contribution in [0.5, 0.6) is 0 Å². The molecule has 0 bridgehead atoms. The molecule has 5 nitrogen and oxygen atoms in total. The Bertz CT molecular complexity index is 1030. The Balaban J connectivity index is 1.75. The van der Waals surface area contributed by atoms with Crippen molar-refractivity contribution >= 4 is 45.6 Å². The minimum absolute atomic E-state index is 0.0318. The lowest BCUT2D eigenvalue weighted by atomic mass is 10.0. The molecule has 0 spiro atoms. The maximum atomic E-state index is 12.4. The molecular formula is C21H19ClN2O3S. The summed E-state index contributed by atoms with van der Waals surface area (Å²) in [6.45, 7) is 5.33. The number of benzene rings is 2. The van der Waals surface area contributed by atoms with Crippen molar-refractivity contribution in [1.29, 1.82) is 0 Å². The van der Waals surface area contributed by atoms with Gasteiger partial charge in [-0.2, -0.15) is 0 Å². The molecule has 1 aromatic heterocycles. The van der Waals surface area contributed by atoms with Gasteiger partial charge in [0.15, 0.2) is 5.13 Å². The standard InChI is InChI=1S/C21H19ClN2O3S/c1-13-6-4-9-19(14(13)2)20(26)27-11-17-12-28-21(23-17)24(15(3)25)18-8-5-7-16(22)10-18/h4-10,12H,11H2,1-3H3. The third-order valence-corrected chi connectivity index (χ3v) is 5.40. The molecule has 3 rings (SSSR count). The highest BCUT2D eigenvalue weighted by Crippen LogP contribution is 2.30. The summed E-state index contributed by atoms with van der Waals surface area (Å²) in [6.07, 6.45) is 0. The van der Waals surface area contributed by atoms with Gasteiger partial charge < -0.3 is 4.74 Å². The van der Waals surface area contributed by atoms with E-state index in [1.54, 1.807) is 35.7 Å². The highest BCUT2D eigenvalue weighted by atomic mass is 35.5. The molecule has 0 saturated heterocycles. The van der Waals surface area contributed by atoms with Crippen molar-refractivity contribution in [3.63, 3.8) is 0 Å². The van der Waals surface area contributed by atoms with Crippen molar-refractivity contribution in [2.24, 2.45) is 0 Å². The average Bonchev–Trinajstić information content (AvgIpc) is 3.10. The number of halogens is 1. The topological polar surface area (TPSA) is 59.5 Å². The molecule has 28 heavy (non-hydrogen) atoms. The normalized spacial score (nSPS) is 10.6.